The van der Waals surface area contributed by atoms with Gasteiger partial charge in [-0.3, -0.25) is 14.5 Å². The van der Waals surface area contributed by atoms with Crippen LogP contribution in [0, 0.1) is 11.8 Å². The zero-order chi connectivity index (χ0) is 20.1. The smallest absolute Gasteiger partial charge is 0.263 e. The van der Waals surface area contributed by atoms with Gasteiger partial charge in [0.2, 0.25) is 0 Å². The molecule has 1 aromatic heterocycles. The number of ether oxygens (including phenoxy) is 1. The van der Waals surface area contributed by atoms with Crippen LogP contribution < -0.4 is 16.2 Å². The fourth-order valence-corrected chi connectivity index (χ4v) is 5.63. The molecule has 3 fully saturated rings. The van der Waals surface area contributed by atoms with Gasteiger partial charge in [-0.15, -0.1) is 0 Å². The van der Waals surface area contributed by atoms with Crippen LogP contribution in [0.15, 0.2) is 16.9 Å². The van der Waals surface area contributed by atoms with Gasteiger partial charge in [-0.25, -0.2) is 0 Å². The molecule has 2 N–H and O–H groups in total. The maximum Gasteiger partial charge on any atom is 0.263 e. The minimum Gasteiger partial charge on any atom is -0.375 e. The number of piperidine rings is 1. The van der Waals surface area contributed by atoms with Crippen molar-refractivity contribution in [3.63, 3.8) is 0 Å². The molecule has 0 radical (unpaired) electrons. The molecule has 0 aliphatic carbocycles. The standard InChI is InChI=1S/C22H32N4O3/c1-13(2)20-11-25-10-16(6-17(25)12-29-20)24-21(27)18-3-4-19-15-5-14(7-23-8-15)9-26(19)22(18)28/h3-4,13-17,20,23H,5-12H2,1-2H3,(H,24,27)/t14-,15+,16-,17-,20+/m0/s1. The van der Waals surface area contributed by atoms with Gasteiger partial charge in [-0.1, -0.05) is 13.8 Å². The van der Waals surface area contributed by atoms with Crippen LogP contribution in [0.1, 0.15) is 48.7 Å². The van der Waals surface area contributed by atoms with Gasteiger partial charge in [-0.2, -0.15) is 0 Å². The molecule has 4 aliphatic heterocycles. The lowest BCUT2D eigenvalue weighted by atomic mass is 9.84. The molecular weight excluding hydrogens is 368 g/mol. The first-order valence-corrected chi connectivity index (χ1v) is 11.1. The average Bonchev–Trinajstić information content (AvgIpc) is 3.10. The number of nitrogens with zero attached hydrogens (tertiary/aromatic N) is 2. The van der Waals surface area contributed by atoms with Crippen LogP contribution in [-0.4, -0.2) is 66.3 Å². The lowest BCUT2D eigenvalue weighted by Gasteiger charge is -2.37. The molecule has 0 aromatic carbocycles. The molecule has 158 valence electrons. The van der Waals surface area contributed by atoms with Gasteiger partial charge in [0.15, 0.2) is 0 Å². The molecule has 0 unspecified atom stereocenters. The van der Waals surface area contributed by atoms with Crippen molar-refractivity contribution in [1.29, 1.82) is 0 Å². The van der Waals surface area contributed by atoms with Crippen molar-refractivity contribution in [2.45, 2.75) is 57.3 Å². The van der Waals surface area contributed by atoms with Crippen molar-refractivity contribution in [1.82, 2.24) is 20.1 Å². The molecular formula is C22H32N4O3. The number of carbonyl (C=O) groups is 1. The molecule has 5 atom stereocenters. The van der Waals surface area contributed by atoms with Crippen molar-refractivity contribution in [2.75, 3.05) is 32.8 Å². The number of pyridine rings is 1. The predicted molar refractivity (Wildman–Crippen MR) is 110 cm³/mol. The quantitative estimate of drug-likeness (QED) is 0.784. The molecule has 7 heteroatoms. The Bertz CT molecular complexity index is 851. The topological polar surface area (TPSA) is 75.6 Å². The van der Waals surface area contributed by atoms with Gasteiger partial charge < -0.3 is 19.9 Å². The Kier molecular flexibility index (Phi) is 5.00. The first-order valence-electron chi connectivity index (χ1n) is 11.1. The van der Waals surface area contributed by atoms with Crippen LogP contribution >= 0.6 is 0 Å². The number of nitrogens with one attached hydrogen (secondary N) is 2. The fraction of sp³-hybridized carbons (Fsp3) is 0.727. The van der Waals surface area contributed by atoms with E-state index in [9.17, 15) is 9.59 Å². The Morgan fingerprint density at radius 3 is 2.90 bits per heavy atom. The summed E-state index contributed by atoms with van der Waals surface area (Å²) in [5.41, 5.74) is 1.23. The molecule has 5 heterocycles. The van der Waals surface area contributed by atoms with Crippen molar-refractivity contribution < 1.29 is 9.53 Å². The first-order chi connectivity index (χ1) is 14.0. The van der Waals surface area contributed by atoms with Crippen molar-refractivity contribution >= 4 is 5.91 Å². The number of fused-ring (bicyclic) bond motifs is 5. The molecule has 4 aliphatic rings. The summed E-state index contributed by atoms with van der Waals surface area (Å²) in [5, 5.41) is 6.59. The minimum absolute atomic E-state index is 0.0750. The second kappa shape index (κ2) is 7.52. The van der Waals surface area contributed by atoms with Gasteiger partial charge in [0.1, 0.15) is 5.56 Å². The van der Waals surface area contributed by atoms with E-state index in [2.05, 4.69) is 29.4 Å². The van der Waals surface area contributed by atoms with Crippen LogP contribution in [0.4, 0.5) is 0 Å². The third-order valence-corrected chi connectivity index (χ3v) is 7.28. The minimum atomic E-state index is -0.231. The highest BCUT2D eigenvalue weighted by atomic mass is 16.5. The third-order valence-electron chi connectivity index (χ3n) is 7.28. The van der Waals surface area contributed by atoms with Crippen LogP contribution in [0.2, 0.25) is 0 Å². The Balaban J connectivity index is 1.29. The summed E-state index contributed by atoms with van der Waals surface area (Å²) in [6.45, 7) is 9.46. The van der Waals surface area contributed by atoms with Crippen molar-refractivity contribution in [3.05, 3.63) is 33.7 Å². The molecule has 1 amide bonds. The van der Waals surface area contributed by atoms with Gasteiger partial charge in [0.05, 0.1) is 12.7 Å². The third kappa shape index (κ3) is 3.53. The number of amides is 1. The fourth-order valence-electron chi connectivity index (χ4n) is 5.63. The zero-order valence-corrected chi connectivity index (χ0v) is 17.4. The molecule has 2 bridgehead atoms. The Labute approximate surface area is 171 Å². The van der Waals surface area contributed by atoms with Gasteiger partial charge in [-0.05, 0) is 43.4 Å². The number of rotatable bonds is 3. The summed E-state index contributed by atoms with van der Waals surface area (Å²) >= 11 is 0. The monoisotopic (exact) mass is 400 g/mol. The SMILES string of the molecule is CC(C)[C@H]1CN2C[C@@H](NC(=O)c3ccc4n(c3=O)C[C@@H]3CNC[C@H]4C3)C[C@H]2CO1. The molecule has 5 rings (SSSR count). The van der Waals surface area contributed by atoms with E-state index in [-0.39, 0.29) is 29.2 Å². The van der Waals surface area contributed by atoms with E-state index in [1.807, 2.05) is 10.6 Å². The molecule has 29 heavy (non-hydrogen) atoms. The Hall–Kier alpha value is -1.70. The van der Waals surface area contributed by atoms with E-state index in [0.717, 1.165) is 51.3 Å². The average molecular weight is 401 g/mol. The van der Waals surface area contributed by atoms with Crippen LogP contribution in [0.25, 0.3) is 0 Å². The molecule has 3 saturated heterocycles. The van der Waals surface area contributed by atoms with Crippen LogP contribution in [-0.2, 0) is 11.3 Å². The van der Waals surface area contributed by atoms with Gasteiger partial charge >= 0.3 is 0 Å². The van der Waals surface area contributed by atoms with E-state index in [0.29, 0.717) is 30.3 Å². The summed E-state index contributed by atoms with van der Waals surface area (Å²) in [4.78, 5) is 28.5. The van der Waals surface area contributed by atoms with Crippen molar-refractivity contribution in [3.8, 4) is 0 Å². The summed E-state index contributed by atoms with van der Waals surface area (Å²) in [7, 11) is 0. The number of hydrogen-bond donors (Lipinski definition) is 2. The highest BCUT2D eigenvalue weighted by Crippen LogP contribution is 2.32. The number of carbonyl (C=O) groups excluding carboxylic acids is 1. The van der Waals surface area contributed by atoms with E-state index in [1.165, 1.54) is 0 Å². The second-order valence-corrected chi connectivity index (χ2v) is 9.67. The van der Waals surface area contributed by atoms with E-state index in [1.54, 1.807) is 6.07 Å². The lowest BCUT2D eigenvalue weighted by molar-refractivity contribution is -0.0683. The highest BCUT2D eigenvalue weighted by Gasteiger charge is 2.39. The van der Waals surface area contributed by atoms with Crippen LogP contribution in [0.5, 0.6) is 0 Å². The normalized spacial score (nSPS) is 34.0. The molecule has 7 nitrogen and oxygen atoms in total. The van der Waals surface area contributed by atoms with E-state index in [4.69, 9.17) is 4.74 Å². The number of aromatic nitrogens is 1. The largest absolute Gasteiger partial charge is 0.375 e. The van der Waals surface area contributed by atoms with Crippen molar-refractivity contribution in [2.24, 2.45) is 11.8 Å². The summed E-state index contributed by atoms with van der Waals surface area (Å²) in [5.74, 6) is 1.13. The van der Waals surface area contributed by atoms with E-state index >= 15 is 0 Å². The predicted octanol–water partition coefficient (Wildman–Crippen LogP) is 0.783. The maximum atomic E-state index is 13.1. The number of morpholine rings is 1. The highest BCUT2D eigenvalue weighted by molar-refractivity contribution is 5.94. The summed E-state index contributed by atoms with van der Waals surface area (Å²) in [6, 6.07) is 4.17. The second-order valence-electron chi connectivity index (χ2n) is 9.67. The Morgan fingerprint density at radius 1 is 1.21 bits per heavy atom. The summed E-state index contributed by atoms with van der Waals surface area (Å²) in [6.07, 6.45) is 2.29. The lowest BCUT2D eigenvalue weighted by Crippen LogP contribution is -2.48. The molecule has 0 spiro atoms. The van der Waals surface area contributed by atoms with Gasteiger partial charge in [0.25, 0.3) is 11.5 Å². The van der Waals surface area contributed by atoms with Crippen LogP contribution in [0.3, 0.4) is 0 Å². The zero-order valence-electron chi connectivity index (χ0n) is 17.4. The number of hydrogen-bond acceptors (Lipinski definition) is 5. The summed E-state index contributed by atoms with van der Waals surface area (Å²) < 4.78 is 7.85. The maximum absolute atomic E-state index is 13.1. The van der Waals surface area contributed by atoms with E-state index < -0.39 is 0 Å². The molecule has 1 aromatic rings. The molecule has 0 saturated carbocycles. The first kappa shape index (κ1) is 19.3. The van der Waals surface area contributed by atoms with Gasteiger partial charge in [0, 0.05) is 49.9 Å². The Morgan fingerprint density at radius 2 is 2.07 bits per heavy atom.